The van der Waals surface area contributed by atoms with E-state index in [1.54, 1.807) is 6.33 Å². The molecule has 8 nitrogen and oxygen atoms in total. The smallest absolute Gasteiger partial charge is 0.164 e. The molecule has 2 aliphatic rings. The Kier molecular flexibility index (Phi) is 6.46. The third-order valence-corrected chi connectivity index (χ3v) is 8.75. The van der Waals surface area contributed by atoms with Gasteiger partial charge in [-0.25, -0.2) is 14.6 Å². The summed E-state index contributed by atoms with van der Waals surface area (Å²) < 4.78 is 7.67. The molecule has 0 radical (unpaired) electrons. The number of rotatable bonds is 5. The molecule has 3 aromatic heterocycles. The second-order valence-electron chi connectivity index (χ2n) is 10.7. The van der Waals surface area contributed by atoms with Gasteiger partial charge in [0.1, 0.15) is 17.8 Å². The molecule has 1 aliphatic carbocycles. The molecular formula is C30H32ClN7O. The Morgan fingerprint density at radius 2 is 1.77 bits per heavy atom. The molecule has 0 atom stereocenters. The van der Waals surface area contributed by atoms with Crippen molar-refractivity contribution in [2.45, 2.75) is 44.2 Å². The van der Waals surface area contributed by atoms with Crippen molar-refractivity contribution in [3.05, 3.63) is 71.1 Å². The summed E-state index contributed by atoms with van der Waals surface area (Å²) in [6, 6.07) is 17.5. The zero-order valence-corrected chi connectivity index (χ0v) is 22.6. The minimum atomic E-state index is 0.296. The van der Waals surface area contributed by atoms with Crippen molar-refractivity contribution in [3.8, 4) is 11.3 Å². The highest BCUT2D eigenvalue weighted by atomic mass is 35.5. The molecule has 9 heteroatoms. The Balaban J connectivity index is 1.19. The van der Waals surface area contributed by atoms with E-state index in [1.807, 2.05) is 18.2 Å². The van der Waals surface area contributed by atoms with Crippen LogP contribution < -0.4 is 5.73 Å². The molecule has 200 valence electrons. The average molecular weight is 542 g/mol. The Morgan fingerprint density at radius 1 is 0.974 bits per heavy atom. The number of morpholine rings is 1. The molecule has 1 saturated heterocycles. The number of H-pyrrole nitrogens is 1. The summed E-state index contributed by atoms with van der Waals surface area (Å²) in [4.78, 5) is 15.2. The number of fused-ring (bicyclic) bond motifs is 2. The number of hydrogen-bond acceptors (Lipinski definition) is 6. The number of nitrogens with one attached hydrogen (secondary N) is 1. The highest BCUT2D eigenvalue weighted by Crippen LogP contribution is 2.37. The Hall–Kier alpha value is -3.46. The second-order valence-corrected chi connectivity index (χ2v) is 11.1. The van der Waals surface area contributed by atoms with Crippen molar-refractivity contribution >= 4 is 39.4 Å². The molecular weight excluding hydrogens is 510 g/mol. The van der Waals surface area contributed by atoms with Gasteiger partial charge in [-0.05, 0) is 54.8 Å². The van der Waals surface area contributed by atoms with Crippen molar-refractivity contribution < 1.29 is 4.74 Å². The number of anilines is 1. The molecule has 39 heavy (non-hydrogen) atoms. The Morgan fingerprint density at radius 3 is 2.59 bits per heavy atom. The first-order valence-corrected chi connectivity index (χ1v) is 14.2. The molecule has 0 bridgehead atoms. The molecule has 7 rings (SSSR count). The van der Waals surface area contributed by atoms with E-state index in [0.717, 1.165) is 108 Å². The number of aromatic nitrogens is 5. The van der Waals surface area contributed by atoms with E-state index in [-0.39, 0.29) is 0 Å². The van der Waals surface area contributed by atoms with Crippen LogP contribution in [0, 0.1) is 0 Å². The van der Waals surface area contributed by atoms with Gasteiger partial charge in [-0.15, -0.1) is 0 Å². The third kappa shape index (κ3) is 4.67. The maximum atomic E-state index is 6.43. The minimum Gasteiger partial charge on any atom is -0.383 e. The van der Waals surface area contributed by atoms with Crippen molar-refractivity contribution in [2.24, 2.45) is 0 Å². The topological polar surface area (TPSA) is 97.9 Å². The van der Waals surface area contributed by atoms with Gasteiger partial charge in [-0.1, -0.05) is 41.9 Å². The molecule has 1 saturated carbocycles. The second kappa shape index (κ2) is 10.3. The largest absolute Gasteiger partial charge is 0.383 e. The fraction of sp³-hybridized carbons (Fsp3) is 0.367. The number of nitrogens with two attached hydrogens (primary N) is 1. The zero-order chi connectivity index (χ0) is 26.3. The summed E-state index contributed by atoms with van der Waals surface area (Å²) in [5.74, 6) is 0.467. The van der Waals surface area contributed by atoms with Gasteiger partial charge in [0.15, 0.2) is 5.65 Å². The first kappa shape index (κ1) is 24.6. The van der Waals surface area contributed by atoms with Crippen LogP contribution in [0.5, 0.6) is 0 Å². The SMILES string of the molecule is Nc1ncnc2c1c(-c1ccc3cc(Cc4ccccc4Cl)[nH]c3c1)nn2[C@H]1CC[C@H](N2CCOCC2)CC1. The Labute approximate surface area is 232 Å². The minimum absolute atomic E-state index is 0.296. The van der Waals surface area contributed by atoms with E-state index in [4.69, 9.17) is 27.2 Å². The van der Waals surface area contributed by atoms with Crippen molar-refractivity contribution in [1.29, 1.82) is 0 Å². The molecule has 0 unspecified atom stereocenters. The molecule has 1 aliphatic heterocycles. The summed E-state index contributed by atoms with van der Waals surface area (Å²) in [5.41, 5.74) is 12.4. The lowest BCUT2D eigenvalue weighted by atomic mass is 9.90. The number of halogens is 1. The molecule has 2 fully saturated rings. The standard InChI is InChI=1S/C30H32ClN7O/c31-25-4-2-1-3-19(25)15-22-16-20-5-6-21(17-26(20)35-22)28-27-29(32)33-18-34-30(27)38(36-28)24-9-7-23(8-10-24)37-11-13-39-14-12-37/h1-6,16-18,23-24,35H,7-15H2,(H2,32,33,34)/t23-,24-. The number of hydrogen-bond donors (Lipinski definition) is 2. The summed E-state index contributed by atoms with van der Waals surface area (Å²) in [6.45, 7) is 3.76. The predicted molar refractivity (Wildman–Crippen MR) is 155 cm³/mol. The molecule has 0 spiro atoms. The van der Waals surface area contributed by atoms with Crippen LogP contribution in [0.15, 0.2) is 54.9 Å². The van der Waals surface area contributed by atoms with Gasteiger partial charge in [0.05, 0.1) is 24.6 Å². The van der Waals surface area contributed by atoms with Crippen molar-refractivity contribution in [2.75, 3.05) is 32.0 Å². The van der Waals surface area contributed by atoms with Gasteiger partial charge >= 0.3 is 0 Å². The van der Waals surface area contributed by atoms with Crippen LogP contribution in [0.2, 0.25) is 5.02 Å². The number of benzene rings is 2. The number of ether oxygens (including phenoxy) is 1. The first-order valence-electron chi connectivity index (χ1n) is 13.8. The van der Waals surface area contributed by atoms with Gasteiger partial charge in [-0.3, -0.25) is 4.90 Å². The van der Waals surface area contributed by atoms with E-state index in [1.165, 1.54) is 0 Å². The monoisotopic (exact) mass is 541 g/mol. The fourth-order valence-electron chi connectivity index (χ4n) is 6.34. The van der Waals surface area contributed by atoms with E-state index >= 15 is 0 Å². The lowest BCUT2D eigenvalue weighted by molar-refractivity contribution is 0.00520. The summed E-state index contributed by atoms with van der Waals surface area (Å²) >= 11 is 6.41. The van der Waals surface area contributed by atoms with Crippen LogP contribution in [0.4, 0.5) is 5.82 Å². The van der Waals surface area contributed by atoms with E-state index in [0.29, 0.717) is 17.9 Å². The van der Waals surface area contributed by atoms with Gasteiger partial charge < -0.3 is 15.5 Å². The van der Waals surface area contributed by atoms with Crippen LogP contribution in [-0.2, 0) is 11.2 Å². The van der Waals surface area contributed by atoms with Gasteiger partial charge in [-0.2, -0.15) is 5.10 Å². The fourth-order valence-corrected chi connectivity index (χ4v) is 6.54. The quantitative estimate of drug-likeness (QED) is 0.300. The van der Waals surface area contributed by atoms with Crippen LogP contribution in [0.1, 0.15) is 43.0 Å². The van der Waals surface area contributed by atoms with Gasteiger partial charge in [0, 0.05) is 47.3 Å². The molecule has 5 aromatic rings. The normalized spacial score (nSPS) is 20.6. The highest BCUT2D eigenvalue weighted by molar-refractivity contribution is 6.31. The van der Waals surface area contributed by atoms with Gasteiger partial charge in [0.2, 0.25) is 0 Å². The van der Waals surface area contributed by atoms with Crippen molar-refractivity contribution in [3.63, 3.8) is 0 Å². The average Bonchev–Trinajstić information content (AvgIpc) is 3.56. The van der Waals surface area contributed by atoms with Crippen LogP contribution in [-0.4, -0.2) is 62.0 Å². The molecule has 3 N–H and O–H groups in total. The first-order chi connectivity index (χ1) is 19.1. The lowest BCUT2D eigenvalue weighted by Gasteiger charge is -2.38. The maximum absolute atomic E-state index is 6.43. The summed E-state index contributed by atoms with van der Waals surface area (Å²) in [5, 5.41) is 7.90. The summed E-state index contributed by atoms with van der Waals surface area (Å²) in [7, 11) is 0. The number of nitrogen functional groups attached to an aromatic ring is 1. The zero-order valence-electron chi connectivity index (χ0n) is 21.8. The van der Waals surface area contributed by atoms with E-state index in [2.05, 4.69) is 54.9 Å². The number of nitrogens with zero attached hydrogens (tertiary/aromatic N) is 5. The highest BCUT2D eigenvalue weighted by Gasteiger charge is 2.30. The Bertz CT molecular complexity index is 1630. The van der Waals surface area contributed by atoms with Crippen LogP contribution >= 0.6 is 11.6 Å². The molecule has 0 amide bonds. The van der Waals surface area contributed by atoms with Gasteiger partial charge in [0.25, 0.3) is 0 Å². The summed E-state index contributed by atoms with van der Waals surface area (Å²) in [6.07, 6.45) is 6.75. The molecule has 2 aromatic carbocycles. The van der Waals surface area contributed by atoms with E-state index in [9.17, 15) is 0 Å². The third-order valence-electron chi connectivity index (χ3n) is 8.38. The lowest BCUT2D eigenvalue weighted by Crippen LogP contribution is -2.45. The maximum Gasteiger partial charge on any atom is 0.164 e. The van der Waals surface area contributed by atoms with Crippen molar-refractivity contribution in [1.82, 2.24) is 29.6 Å². The van der Waals surface area contributed by atoms with Crippen LogP contribution in [0.3, 0.4) is 0 Å². The predicted octanol–water partition coefficient (Wildman–Crippen LogP) is 5.62. The molecule has 4 heterocycles. The number of aromatic amines is 1. The van der Waals surface area contributed by atoms with Crippen LogP contribution in [0.25, 0.3) is 33.2 Å². The van der Waals surface area contributed by atoms with E-state index < -0.39 is 0 Å².